The summed E-state index contributed by atoms with van der Waals surface area (Å²) in [6, 6.07) is 15.7. The van der Waals surface area contributed by atoms with Gasteiger partial charge in [-0.25, -0.2) is 4.68 Å². The van der Waals surface area contributed by atoms with Gasteiger partial charge in [0.1, 0.15) is 11.8 Å². The van der Waals surface area contributed by atoms with E-state index in [1.165, 1.54) is 0 Å². The highest BCUT2D eigenvalue weighted by Crippen LogP contribution is 2.29. The Hall–Kier alpha value is -3.76. The number of ether oxygens (including phenoxy) is 2. The maximum absolute atomic E-state index is 13.4. The Kier molecular flexibility index (Phi) is 6.97. The molecule has 0 amide bonds. The average Bonchev–Trinajstić information content (AvgIpc) is 3.36. The lowest BCUT2D eigenvalue weighted by Gasteiger charge is -2.39. The van der Waals surface area contributed by atoms with Gasteiger partial charge in [0, 0.05) is 50.1 Å². The number of methoxy groups -OCH3 is 2. The van der Waals surface area contributed by atoms with Crippen molar-refractivity contribution in [2.45, 2.75) is 19.5 Å². The van der Waals surface area contributed by atoms with Gasteiger partial charge in [0.05, 0.1) is 20.3 Å². The molecule has 10 nitrogen and oxygen atoms in total. The Morgan fingerprint density at radius 2 is 1.81 bits per heavy atom. The number of anilines is 1. The van der Waals surface area contributed by atoms with E-state index in [0.717, 1.165) is 54.1 Å². The summed E-state index contributed by atoms with van der Waals surface area (Å²) in [5.41, 5.74) is 3.61. The van der Waals surface area contributed by atoms with Crippen LogP contribution in [0.2, 0.25) is 0 Å². The summed E-state index contributed by atoms with van der Waals surface area (Å²) >= 11 is 0. The summed E-state index contributed by atoms with van der Waals surface area (Å²) < 4.78 is 12.3. The zero-order chi connectivity index (χ0) is 25.1. The standard InChI is InChI=1S/C26H31N7O3/c1-18-4-9-23-19(16-18)17-22(26(34)27-23)24(25-28-29-30-33(25)14-15-35-2)32-12-10-31(11-13-32)20-5-7-21(36-3)8-6-20/h4-9,16-17,24H,10-15H2,1-3H3,(H,27,34)/t24-/m1/s1. The second-order valence-corrected chi connectivity index (χ2v) is 9.02. The summed E-state index contributed by atoms with van der Waals surface area (Å²) in [5, 5.41) is 13.5. The van der Waals surface area contributed by atoms with Gasteiger partial charge in [0.25, 0.3) is 5.56 Å². The monoisotopic (exact) mass is 489 g/mol. The normalized spacial score (nSPS) is 15.4. The maximum Gasteiger partial charge on any atom is 0.253 e. The highest BCUT2D eigenvalue weighted by atomic mass is 16.5. The van der Waals surface area contributed by atoms with Gasteiger partial charge in [-0.15, -0.1) is 5.10 Å². The van der Waals surface area contributed by atoms with E-state index in [1.54, 1.807) is 18.9 Å². The Labute approximate surface area is 209 Å². The number of tetrazole rings is 1. The van der Waals surface area contributed by atoms with Crippen LogP contribution in [0.25, 0.3) is 10.9 Å². The van der Waals surface area contributed by atoms with Crippen LogP contribution in [0.5, 0.6) is 5.75 Å². The molecule has 10 heteroatoms. The van der Waals surface area contributed by atoms with Crippen LogP contribution in [0.4, 0.5) is 5.69 Å². The molecule has 1 fully saturated rings. The van der Waals surface area contributed by atoms with E-state index in [1.807, 2.05) is 37.3 Å². The van der Waals surface area contributed by atoms with E-state index in [-0.39, 0.29) is 11.6 Å². The molecule has 0 spiro atoms. The number of piperazine rings is 1. The molecule has 0 saturated carbocycles. The summed E-state index contributed by atoms with van der Waals surface area (Å²) in [6.45, 7) is 6.15. The van der Waals surface area contributed by atoms with E-state index in [4.69, 9.17) is 9.47 Å². The van der Waals surface area contributed by atoms with E-state index in [0.29, 0.717) is 24.5 Å². The predicted molar refractivity (Wildman–Crippen MR) is 138 cm³/mol. The number of fused-ring (bicyclic) bond motifs is 1. The first kappa shape index (κ1) is 24.0. The molecule has 36 heavy (non-hydrogen) atoms. The molecule has 188 valence electrons. The van der Waals surface area contributed by atoms with Crippen molar-refractivity contribution in [1.82, 2.24) is 30.1 Å². The lowest BCUT2D eigenvalue weighted by Crippen LogP contribution is -2.49. The van der Waals surface area contributed by atoms with Crippen molar-refractivity contribution < 1.29 is 9.47 Å². The van der Waals surface area contributed by atoms with Gasteiger partial charge >= 0.3 is 0 Å². The van der Waals surface area contributed by atoms with Crippen LogP contribution in [0.3, 0.4) is 0 Å². The topological polar surface area (TPSA) is 101 Å². The van der Waals surface area contributed by atoms with Crippen LogP contribution in [-0.4, -0.2) is 77.1 Å². The van der Waals surface area contributed by atoms with Crippen LogP contribution in [-0.2, 0) is 11.3 Å². The summed E-state index contributed by atoms with van der Waals surface area (Å²) in [4.78, 5) is 21.1. The fourth-order valence-corrected chi connectivity index (χ4v) is 4.82. The summed E-state index contributed by atoms with van der Waals surface area (Å²) in [5.74, 6) is 1.48. The van der Waals surface area contributed by atoms with Crippen LogP contribution >= 0.6 is 0 Å². The fourth-order valence-electron chi connectivity index (χ4n) is 4.82. The minimum atomic E-state index is -0.386. The first-order valence-corrected chi connectivity index (χ1v) is 12.1. The maximum atomic E-state index is 13.4. The molecular formula is C26H31N7O3. The highest BCUT2D eigenvalue weighted by Gasteiger charge is 2.32. The third-order valence-corrected chi connectivity index (χ3v) is 6.75. The number of rotatable bonds is 8. The van der Waals surface area contributed by atoms with Crippen LogP contribution < -0.4 is 15.2 Å². The number of nitrogens with one attached hydrogen (secondary N) is 1. The van der Waals surface area contributed by atoms with Crippen molar-refractivity contribution in [1.29, 1.82) is 0 Å². The van der Waals surface area contributed by atoms with Crippen molar-refractivity contribution in [2.75, 3.05) is 51.9 Å². The van der Waals surface area contributed by atoms with Crippen LogP contribution in [0.1, 0.15) is 23.0 Å². The first-order chi connectivity index (χ1) is 17.6. The number of hydrogen-bond donors (Lipinski definition) is 1. The van der Waals surface area contributed by atoms with Crippen molar-refractivity contribution in [3.63, 3.8) is 0 Å². The molecule has 1 aliphatic heterocycles. The Morgan fingerprint density at radius 3 is 2.53 bits per heavy atom. The van der Waals surface area contributed by atoms with Crippen LogP contribution in [0.15, 0.2) is 53.3 Å². The van der Waals surface area contributed by atoms with Crippen molar-refractivity contribution in [2.24, 2.45) is 0 Å². The molecule has 2 aromatic carbocycles. The molecule has 0 aliphatic carbocycles. The molecule has 1 aliphatic rings. The highest BCUT2D eigenvalue weighted by molar-refractivity contribution is 5.79. The molecule has 0 bridgehead atoms. The summed E-state index contributed by atoms with van der Waals surface area (Å²) in [7, 11) is 3.32. The SMILES string of the molecule is COCCn1nnnc1[C@@H](c1cc2cc(C)ccc2[nH]c1=O)N1CCN(c2ccc(OC)cc2)CC1. The van der Waals surface area contributed by atoms with Gasteiger partial charge in [-0.05, 0) is 65.2 Å². The third kappa shape index (κ3) is 4.82. The van der Waals surface area contributed by atoms with Crippen molar-refractivity contribution in [3.05, 3.63) is 75.8 Å². The van der Waals surface area contributed by atoms with E-state index < -0.39 is 0 Å². The van der Waals surface area contributed by atoms with Gasteiger partial charge in [-0.3, -0.25) is 9.69 Å². The van der Waals surface area contributed by atoms with Gasteiger partial charge < -0.3 is 19.4 Å². The zero-order valence-corrected chi connectivity index (χ0v) is 20.8. The second-order valence-electron chi connectivity index (χ2n) is 9.02. The Bertz CT molecular complexity index is 1370. The van der Waals surface area contributed by atoms with E-state index in [2.05, 4.69) is 48.5 Å². The third-order valence-electron chi connectivity index (χ3n) is 6.75. The van der Waals surface area contributed by atoms with Gasteiger partial charge in [-0.1, -0.05) is 11.6 Å². The zero-order valence-electron chi connectivity index (χ0n) is 20.8. The van der Waals surface area contributed by atoms with Crippen molar-refractivity contribution in [3.8, 4) is 5.75 Å². The number of benzene rings is 2. The second kappa shape index (κ2) is 10.5. The van der Waals surface area contributed by atoms with Gasteiger partial charge in [0.15, 0.2) is 5.82 Å². The summed E-state index contributed by atoms with van der Waals surface area (Å²) in [6.07, 6.45) is 0. The largest absolute Gasteiger partial charge is 0.497 e. The number of aromatic nitrogens is 5. The molecule has 0 unspecified atom stereocenters. The lowest BCUT2D eigenvalue weighted by molar-refractivity contribution is 0.171. The smallest absolute Gasteiger partial charge is 0.253 e. The number of aromatic amines is 1. The molecule has 1 N–H and O–H groups in total. The minimum Gasteiger partial charge on any atom is -0.497 e. The number of nitrogens with zero attached hydrogens (tertiary/aromatic N) is 6. The number of H-pyrrole nitrogens is 1. The molecule has 1 atom stereocenters. The predicted octanol–water partition coefficient (Wildman–Crippen LogP) is 2.39. The van der Waals surface area contributed by atoms with E-state index in [9.17, 15) is 4.79 Å². The number of pyridine rings is 1. The quantitative estimate of drug-likeness (QED) is 0.403. The first-order valence-electron chi connectivity index (χ1n) is 12.1. The fraction of sp³-hybridized carbons (Fsp3) is 0.385. The van der Waals surface area contributed by atoms with E-state index >= 15 is 0 Å². The molecule has 4 aromatic rings. The lowest BCUT2D eigenvalue weighted by atomic mass is 10.0. The molecule has 2 aromatic heterocycles. The minimum absolute atomic E-state index is 0.129. The Balaban J connectivity index is 1.49. The number of hydrogen-bond acceptors (Lipinski definition) is 8. The Morgan fingerprint density at radius 1 is 1.03 bits per heavy atom. The molecule has 0 radical (unpaired) electrons. The number of aryl methyl sites for hydroxylation is 1. The van der Waals surface area contributed by atoms with Crippen LogP contribution in [0, 0.1) is 6.92 Å². The van der Waals surface area contributed by atoms with Gasteiger partial charge in [0.2, 0.25) is 0 Å². The molecular weight excluding hydrogens is 458 g/mol. The van der Waals surface area contributed by atoms with Crippen molar-refractivity contribution >= 4 is 16.6 Å². The molecule has 3 heterocycles. The van der Waals surface area contributed by atoms with Gasteiger partial charge in [-0.2, -0.15) is 0 Å². The average molecular weight is 490 g/mol. The molecule has 1 saturated heterocycles. The molecule has 5 rings (SSSR count).